The number of nitrogens with zero attached hydrogens (tertiary/aromatic N) is 1. The first-order valence-electron chi connectivity index (χ1n) is 6.05. The smallest absolute Gasteiger partial charge is 0.279 e. The molecule has 1 fully saturated rings. The lowest BCUT2D eigenvalue weighted by Gasteiger charge is -2.30. The van der Waals surface area contributed by atoms with Gasteiger partial charge in [0.1, 0.15) is 0 Å². The van der Waals surface area contributed by atoms with Crippen LogP contribution in [0.3, 0.4) is 0 Å². The van der Waals surface area contributed by atoms with Gasteiger partial charge in [0.15, 0.2) is 0 Å². The molecule has 102 valence electrons. The maximum absolute atomic E-state index is 12.0. The molecule has 1 saturated heterocycles. The van der Waals surface area contributed by atoms with Crippen molar-refractivity contribution in [3.8, 4) is 0 Å². The zero-order chi connectivity index (χ0) is 12.9. The summed E-state index contributed by atoms with van der Waals surface area (Å²) in [4.78, 5) is 0. The van der Waals surface area contributed by atoms with Gasteiger partial charge in [-0.05, 0) is 12.8 Å². The van der Waals surface area contributed by atoms with E-state index >= 15 is 0 Å². The zero-order valence-electron chi connectivity index (χ0n) is 10.6. The van der Waals surface area contributed by atoms with E-state index in [0.717, 1.165) is 12.8 Å². The van der Waals surface area contributed by atoms with Crippen molar-refractivity contribution in [3.05, 3.63) is 0 Å². The molecule has 0 unspecified atom stereocenters. The molecule has 0 atom stereocenters. The fraction of sp³-hybridized carbons (Fsp3) is 1.00. The summed E-state index contributed by atoms with van der Waals surface area (Å²) in [5.41, 5.74) is 5.60. The molecule has 0 aromatic carbocycles. The normalized spacial score (nSPS) is 19.5. The van der Waals surface area contributed by atoms with Gasteiger partial charge in [0.05, 0.1) is 13.2 Å². The Morgan fingerprint density at radius 2 is 1.82 bits per heavy atom. The topological polar surface area (TPSA) is 84.7 Å². The second kappa shape index (κ2) is 6.10. The van der Waals surface area contributed by atoms with Crippen molar-refractivity contribution in [2.75, 3.05) is 32.8 Å². The van der Waals surface area contributed by atoms with E-state index in [9.17, 15) is 8.42 Å². The largest absolute Gasteiger partial charge is 0.379 e. The second-order valence-corrected chi connectivity index (χ2v) is 6.16. The van der Waals surface area contributed by atoms with Crippen LogP contribution in [0.25, 0.3) is 0 Å². The minimum atomic E-state index is -3.41. The molecule has 17 heavy (non-hydrogen) atoms. The van der Waals surface area contributed by atoms with Gasteiger partial charge in [-0.3, -0.25) is 0 Å². The van der Waals surface area contributed by atoms with Crippen LogP contribution in [-0.2, 0) is 14.9 Å². The van der Waals surface area contributed by atoms with Gasteiger partial charge in [-0.15, -0.1) is 0 Å². The molecule has 1 heterocycles. The average Bonchev–Trinajstić information content (AvgIpc) is 2.37. The van der Waals surface area contributed by atoms with Gasteiger partial charge in [0, 0.05) is 25.2 Å². The van der Waals surface area contributed by atoms with Crippen LogP contribution in [0.5, 0.6) is 0 Å². The number of rotatable bonds is 6. The van der Waals surface area contributed by atoms with E-state index in [1.807, 2.05) is 13.8 Å². The van der Waals surface area contributed by atoms with Crippen molar-refractivity contribution >= 4 is 10.2 Å². The standard InChI is InChI=1S/C10H23N3O3S/c1-3-10(11,4-2)9-12-17(14,15)13-5-7-16-8-6-13/h12H,3-9,11H2,1-2H3. The van der Waals surface area contributed by atoms with Gasteiger partial charge in [0.25, 0.3) is 10.2 Å². The minimum absolute atomic E-state index is 0.277. The molecule has 1 aliphatic rings. The van der Waals surface area contributed by atoms with Crippen LogP contribution in [-0.4, -0.2) is 51.1 Å². The lowest BCUT2D eigenvalue weighted by molar-refractivity contribution is 0.0724. The van der Waals surface area contributed by atoms with Crippen LogP contribution in [0, 0.1) is 0 Å². The van der Waals surface area contributed by atoms with Crippen molar-refractivity contribution in [1.29, 1.82) is 0 Å². The number of hydrogen-bond donors (Lipinski definition) is 2. The Morgan fingerprint density at radius 3 is 2.29 bits per heavy atom. The van der Waals surface area contributed by atoms with Crippen molar-refractivity contribution in [2.24, 2.45) is 5.73 Å². The highest BCUT2D eigenvalue weighted by Crippen LogP contribution is 2.11. The van der Waals surface area contributed by atoms with E-state index in [4.69, 9.17) is 10.5 Å². The molecular formula is C10H23N3O3S. The van der Waals surface area contributed by atoms with Crippen LogP contribution in [0.15, 0.2) is 0 Å². The molecule has 0 spiro atoms. The summed E-state index contributed by atoms with van der Waals surface area (Å²) >= 11 is 0. The molecule has 6 nitrogen and oxygen atoms in total. The van der Waals surface area contributed by atoms with E-state index in [2.05, 4.69) is 4.72 Å². The number of ether oxygens (including phenoxy) is 1. The predicted molar refractivity (Wildman–Crippen MR) is 66.8 cm³/mol. The van der Waals surface area contributed by atoms with E-state index in [0.29, 0.717) is 26.3 Å². The van der Waals surface area contributed by atoms with Crippen LogP contribution in [0.2, 0.25) is 0 Å². The summed E-state index contributed by atoms with van der Waals surface area (Å²) in [5, 5.41) is 0. The molecule has 0 aromatic heterocycles. The number of nitrogens with two attached hydrogens (primary N) is 1. The first-order valence-corrected chi connectivity index (χ1v) is 7.49. The number of morpholine rings is 1. The van der Waals surface area contributed by atoms with Gasteiger partial charge in [-0.2, -0.15) is 12.7 Å². The first kappa shape index (κ1) is 14.8. The van der Waals surface area contributed by atoms with Crippen LogP contribution >= 0.6 is 0 Å². The molecule has 0 saturated carbocycles. The van der Waals surface area contributed by atoms with Crippen molar-refractivity contribution in [2.45, 2.75) is 32.2 Å². The van der Waals surface area contributed by atoms with Crippen molar-refractivity contribution in [1.82, 2.24) is 9.03 Å². The highest BCUT2D eigenvalue weighted by molar-refractivity contribution is 7.87. The Labute approximate surface area is 104 Å². The molecule has 3 N–H and O–H groups in total. The van der Waals surface area contributed by atoms with Crippen LogP contribution in [0.4, 0.5) is 0 Å². The molecular weight excluding hydrogens is 242 g/mol. The van der Waals surface area contributed by atoms with Gasteiger partial charge >= 0.3 is 0 Å². The lowest BCUT2D eigenvalue weighted by Crippen LogP contribution is -2.53. The van der Waals surface area contributed by atoms with Gasteiger partial charge in [0.2, 0.25) is 0 Å². The SMILES string of the molecule is CCC(N)(CC)CNS(=O)(=O)N1CCOCC1. The summed E-state index contributed by atoms with van der Waals surface area (Å²) in [7, 11) is -3.41. The second-order valence-electron chi connectivity index (χ2n) is 4.41. The molecule has 0 aromatic rings. The van der Waals surface area contributed by atoms with Gasteiger partial charge in [-0.25, -0.2) is 4.72 Å². The van der Waals surface area contributed by atoms with Gasteiger partial charge in [-0.1, -0.05) is 13.8 Å². The van der Waals surface area contributed by atoms with Crippen LogP contribution < -0.4 is 10.5 Å². The predicted octanol–water partition coefficient (Wildman–Crippen LogP) is -0.329. The number of hydrogen-bond acceptors (Lipinski definition) is 4. The third-order valence-electron chi connectivity index (χ3n) is 3.32. The zero-order valence-corrected chi connectivity index (χ0v) is 11.4. The fourth-order valence-electron chi connectivity index (χ4n) is 1.61. The molecule has 0 bridgehead atoms. The van der Waals surface area contributed by atoms with Crippen molar-refractivity contribution < 1.29 is 13.2 Å². The van der Waals surface area contributed by atoms with E-state index in [1.54, 1.807) is 0 Å². The van der Waals surface area contributed by atoms with Crippen LogP contribution in [0.1, 0.15) is 26.7 Å². The summed E-state index contributed by atoms with van der Waals surface area (Å²) in [5.74, 6) is 0. The summed E-state index contributed by atoms with van der Waals surface area (Å²) < 4.78 is 33.1. The number of nitrogens with one attached hydrogen (secondary N) is 1. The van der Waals surface area contributed by atoms with E-state index in [1.165, 1.54) is 4.31 Å². The summed E-state index contributed by atoms with van der Waals surface area (Å²) in [6, 6.07) is 0. The third kappa shape index (κ3) is 4.18. The summed E-state index contributed by atoms with van der Waals surface area (Å²) in [6.45, 7) is 5.93. The Kier molecular flexibility index (Phi) is 5.33. The maximum Gasteiger partial charge on any atom is 0.279 e. The Hall–Kier alpha value is -0.210. The Balaban J connectivity index is 2.54. The highest BCUT2D eigenvalue weighted by Gasteiger charge is 2.28. The molecule has 7 heteroatoms. The maximum atomic E-state index is 12.0. The van der Waals surface area contributed by atoms with Crippen molar-refractivity contribution in [3.63, 3.8) is 0 Å². The molecule has 1 rings (SSSR count). The molecule has 0 radical (unpaired) electrons. The third-order valence-corrected chi connectivity index (χ3v) is 4.88. The Morgan fingerprint density at radius 1 is 1.29 bits per heavy atom. The molecule has 0 amide bonds. The monoisotopic (exact) mass is 265 g/mol. The summed E-state index contributed by atoms with van der Waals surface area (Å²) in [6.07, 6.45) is 1.49. The fourth-order valence-corrected chi connectivity index (χ4v) is 2.90. The Bertz CT molecular complexity index is 322. The van der Waals surface area contributed by atoms with E-state index in [-0.39, 0.29) is 6.54 Å². The van der Waals surface area contributed by atoms with Gasteiger partial charge < -0.3 is 10.5 Å². The average molecular weight is 265 g/mol. The lowest BCUT2D eigenvalue weighted by atomic mass is 9.95. The highest BCUT2D eigenvalue weighted by atomic mass is 32.2. The first-order chi connectivity index (χ1) is 7.93. The van der Waals surface area contributed by atoms with E-state index < -0.39 is 15.7 Å². The minimum Gasteiger partial charge on any atom is -0.379 e. The quantitative estimate of drug-likeness (QED) is 0.689. The molecule has 1 aliphatic heterocycles. The molecule has 0 aliphatic carbocycles.